The highest BCUT2D eigenvalue weighted by Gasteiger charge is 2.24. The molecule has 4 N–H and O–H groups in total. The zero-order chi connectivity index (χ0) is 15.5. The maximum absolute atomic E-state index is 12.3. The molecule has 1 saturated heterocycles. The average molecular weight is 312 g/mol. The largest absolute Gasteiger partial charge is 0.495 e. The van der Waals surface area contributed by atoms with Crippen molar-refractivity contribution in [2.45, 2.75) is 19.3 Å². The summed E-state index contributed by atoms with van der Waals surface area (Å²) in [4.78, 5) is 0. The Balaban J connectivity index is 2.23. The van der Waals surface area contributed by atoms with Gasteiger partial charge in [0.1, 0.15) is 11.6 Å². The van der Waals surface area contributed by atoms with Gasteiger partial charge in [-0.2, -0.15) is 12.7 Å². The average Bonchev–Trinajstić information content (AvgIpc) is 2.48. The maximum Gasteiger partial charge on any atom is 0.301 e. The summed E-state index contributed by atoms with van der Waals surface area (Å²) in [5.74, 6) is 0.238. The fraction of sp³-hybridized carbons (Fsp3) is 0.462. The Hall–Kier alpha value is -1.80. The lowest BCUT2D eigenvalue weighted by molar-refractivity contribution is 0.348. The van der Waals surface area contributed by atoms with Gasteiger partial charge < -0.3 is 10.5 Å². The standard InChI is InChI=1S/C13H20N4O3S/c1-20-12-9-10(13(14)15)5-6-11(12)16-21(18,19)17-7-3-2-4-8-17/h5-6,9,16H,2-4,7-8H2,1H3,(H3,14,15). The highest BCUT2D eigenvalue weighted by Crippen LogP contribution is 2.27. The van der Waals surface area contributed by atoms with Gasteiger partial charge in [-0.1, -0.05) is 6.42 Å². The summed E-state index contributed by atoms with van der Waals surface area (Å²) in [5, 5.41) is 7.39. The van der Waals surface area contributed by atoms with Gasteiger partial charge in [-0.25, -0.2) is 0 Å². The molecular formula is C13H20N4O3S. The van der Waals surface area contributed by atoms with Crippen LogP contribution in [0.1, 0.15) is 24.8 Å². The first-order chi connectivity index (χ1) is 9.94. The quantitative estimate of drug-likeness (QED) is 0.559. The summed E-state index contributed by atoms with van der Waals surface area (Å²) in [6.07, 6.45) is 2.81. The van der Waals surface area contributed by atoms with Gasteiger partial charge in [0.05, 0.1) is 12.8 Å². The van der Waals surface area contributed by atoms with Crippen molar-refractivity contribution in [1.29, 1.82) is 5.41 Å². The first-order valence-corrected chi connectivity index (χ1v) is 8.18. The number of anilines is 1. The molecule has 1 aromatic rings. The lowest BCUT2D eigenvalue weighted by Crippen LogP contribution is -2.39. The number of nitrogens with zero attached hydrogens (tertiary/aromatic N) is 1. The van der Waals surface area contributed by atoms with Crippen molar-refractivity contribution in [3.8, 4) is 5.75 Å². The van der Waals surface area contributed by atoms with Gasteiger partial charge >= 0.3 is 10.2 Å². The summed E-state index contributed by atoms with van der Waals surface area (Å²) in [5.41, 5.74) is 6.23. The molecule has 1 aliphatic rings. The van der Waals surface area contributed by atoms with Crippen LogP contribution in [0.5, 0.6) is 5.75 Å². The van der Waals surface area contributed by atoms with E-state index in [1.165, 1.54) is 17.5 Å². The van der Waals surface area contributed by atoms with Crippen molar-refractivity contribution in [2.75, 3.05) is 24.9 Å². The normalized spacial score (nSPS) is 16.4. The molecule has 2 rings (SSSR count). The van der Waals surface area contributed by atoms with E-state index in [-0.39, 0.29) is 5.84 Å². The number of benzene rings is 1. The number of nitrogens with one attached hydrogen (secondary N) is 2. The van der Waals surface area contributed by atoms with Crippen molar-refractivity contribution in [1.82, 2.24) is 4.31 Å². The fourth-order valence-corrected chi connectivity index (χ4v) is 3.57. The minimum Gasteiger partial charge on any atom is -0.495 e. The van der Waals surface area contributed by atoms with E-state index in [2.05, 4.69) is 4.72 Å². The van der Waals surface area contributed by atoms with Gasteiger partial charge in [-0.3, -0.25) is 10.1 Å². The topological polar surface area (TPSA) is 109 Å². The maximum atomic E-state index is 12.3. The molecule has 1 heterocycles. The number of ether oxygens (including phenoxy) is 1. The van der Waals surface area contributed by atoms with E-state index in [9.17, 15) is 8.42 Å². The molecular weight excluding hydrogens is 292 g/mol. The molecule has 0 spiro atoms. The molecule has 21 heavy (non-hydrogen) atoms. The Morgan fingerprint density at radius 2 is 2.00 bits per heavy atom. The molecule has 0 aromatic heterocycles. The number of piperidine rings is 1. The Labute approximate surface area is 124 Å². The minimum atomic E-state index is -3.58. The summed E-state index contributed by atoms with van der Waals surface area (Å²) < 4.78 is 33.8. The second kappa shape index (κ2) is 6.31. The molecule has 0 atom stereocenters. The molecule has 0 saturated carbocycles. The van der Waals surface area contributed by atoms with Crippen LogP contribution in [-0.2, 0) is 10.2 Å². The lowest BCUT2D eigenvalue weighted by atomic mass is 10.2. The van der Waals surface area contributed by atoms with Crippen molar-refractivity contribution in [3.63, 3.8) is 0 Å². The van der Waals surface area contributed by atoms with Crippen LogP contribution in [0.3, 0.4) is 0 Å². The van der Waals surface area contributed by atoms with Gasteiger partial charge in [0.25, 0.3) is 0 Å². The number of hydrogen-bond acceptors (Lipinski definition) is 4. The third-order valence-electron chi connectivity index (χ3n) is 3.41. The van der Waals surface area contributed by atoms with E-state index in [1.54, 1.807) is 12.1 Å². The first kappa shape index (κ1) is 15.6. The molecule has 0 radical (unpaired) electrons. The van der Waals surface area contributed by atoms with E-state index in [0.29, 0.717) is 30.1 Å². The molecule has 0 bridgehead atoms. The summed E-state index contributed by atoms with van der Waals surface area (Å²) in [7, 11) is -2.14. The first-order valence-electron chi connectivity index (χ1n) is 6.74. The van der Waals surface area contributed by atoms with Crippen LogP contribution in [0.15, 0.2) is 18.2 Å². The van der Waals surface area contributed by atoms with Crippen LogP contribution in [-0.4, -0.2) is 38.8 Å². The van der Waals surface area contributed by atoms with Crippen LogP contribution >= 0.6 is 0 Å². The number of nitrogens with two attached hydrogens (primary N) is 1. The van der Waals surface area contributed by atoms with E-state index in [0.717, 1.165) is 19.3 Å². The molecule has 7 nitrogen and oxygen atoms in total. The number of amidine groups is 1. The van der Waals surface area contributed by atoms with Crippen molar-refractivity contribution in [2.24, 2.45) is 5.73 Å². The molecule has 1 aliphatic heterocycles. The van der Waals surface area contributed by atoms with Crippen molar-refractivity contribution >= 4 is 21.7 Å². The predicted octanol–water partition coefficient (Wildman–Crippen LogP) is 1.12. The van der Waals surface area contributed by atoms with Gasteiger partial charge in [0, 0.05) is 18.7 Å². The number of nitrogen functional groups attached to an aromatic ring is 1. The van der Waals surface area contributed by atoms with E-state index < -0.39 is 10.2 Å². The van der Waals surface area contributed by atoms with Crippen LogP contribution in [0.4, 0.5) is 5.69 Å². The second-order valence-corrected chi connectivity index (χ2v) is 6.57. The van der Waals surface area contributed by atoms with Gasteiger partial charge in [0.2, 0.25) is 0 Å². The molecule has 0 amide bonds. The minimum absolute atomic E-state index is 0.0984. The zero-order valence-corrected chi connectivity index (χ0v) is 12.7. The monoisotopic (exact) mass is 312 g/mol. The van der Waals surface area contributed by atoms with Gasteiger partial charge in [0.15, 0.2) is 0 Å². The van der Waals surface area contributed by atoms with Gasteiger partial charge in [-0.15, -0.1) is 0 Å². The molecule has 8 heteroatoms. The smallest absolute Gasteiger partial charge is 0.301 e. The third kappa shape index (κ3) is 3.64. The molecule has 1 aromatic carbocycles. The van der Waals surface area contributed by atoms with Crippen molar-refractivity contribution < 1.29 is 13.2 Å². The van der Waals surface area contributed by atoms with E-state index in [4.69, 9.17) is 15.9 Å². The van der Waals surface area contributed by atoms with Gasteiger partial charge in [-0.05, 0) is 31.0 Å². The lowest BCUT2D eigenvalue weighted by Gasteiger charge is -2.26. The summed E-state index contributed by atoms with van der Waals surface area (Å²) in [6, 6.07) is 4.67. The van der Waals surface area contributed by atoms with Crippen molar-refractivity contribution in [3.05, 3.63) is 23.8 Å². The summed E-state index contributed by atoms with van der Waals surface area (Å²) >= 11 is 0. The van der Waals surface area contributed by atoms with Crippen LogP contribution < -0.4 is 15.2 Å². The number of rotatable bonds is 5. The van der Waals surface area contributed by atoms with Crippen LogP contribution in [0.2, 0.25) is 0 Å². The third-order valence-corrected chi connectivity index (χ3v) is 4.93. The molecule has 0 aliphatic carbocycles. The Kier molecular flexibility index (Phi) is 4.69. The zero-order valence-electron chi connectivity index (χ0n) is 11.9. The summed E-state index contributed by atoms with van der Waals surface area (Å²) in [6.45, 7) is 1.06. The Morgan fingerprint density at radius 1 is 1.33 bits per heavy atom. The second-order valence-electron chi connectivity index (χ2n) is 4.90. The Morgan fingerprint density at radius 3 is 2.57 bits per heavy atom. The van der Waals surface area contributed by atoms with E-state index in [1.807, 2.05) is 0 Å². The fourth-order valence-electron chi connectivity index (χ4n) is 2.25. The molecule has 0 unspecified atom stereocenters. The number of methoxy groups -OCH3 is 1. The number of hydrogen-bond donors (Lipinski definition) is 3. The van der Waals surface area contributed by atoms with Crippen LogP contribution in [0, 0.1) is 5.41 Å². The predicted molar refractivity (Wildman–Crippen MR) is 82.0 cm³/mol. The van der Waals surface area contributed by atoms with Crippen LogP contribution in [0.25, 0.3) is 0 Å². The SMILES string of the molecule is COc1cc(C(=N)N)ccc1NS(=O)(=O)N1CCCCC1. The highest BCUT2D eigenvalue weighted by atomic mass is 32.2. The molecule has 1 fully saturated rings. The highest BCUT2D eigenvalue weighted by molar-refractivity contribution is 7.90. The Bertz CT molecular complexity index is 624. The molecule has 116 valence electrons. The van der Waals surface area contributed by atoms with E-state index >= 15 is 0 Å².